The van der Waals surface area contributed by atoms with E-state index in [9.17, 15) is 13.2 Å². The summed E-state index contributed by atoms with van der Waals surface area (Å²) in [5.74, 6) is 1.95. The van der Waals surface area contributed by atoms with E-state index in [1.807, 2.05) is 16.5 Å². The molecule has 1 aromatic heterocycles. The number of piperidine rings is 1. The molecule has 0 N–H and O–H groups in total. The van der Waals surface area contributed by atoms with Crippen molar-refractivity contribution in [1.82, 2.24) is 24.6 Å². The molecule has 9 heteroatoms. The molecule has 2 aliphatic rings. The van der Waals surface area contributed by atoms with Gasteiger partial charge in [0.25, 0.3) is 0 Å². The Labute approximate surface area is 145 Å². The first-order chi connectivity index (χ1) is 11.9. The van der Waals surface area contributed by atoms with E-state index < -0.39 is 12.6 Å². The molecular formula is C16H26F3N5O. The zero-order valence-corrected chi connectivity index (χ0v) is 14.6. The molecule has 0 amide bonds. The molecule has 1 atom stereocenters. The van der Waals surface area contributed by atoms with Crippen LogP contribution in [0.1, 0.15) is 36.8 Å². The van der Waals surface area contributed by atoms with Gasteiger partial charge in [-0.05, 0) is 19.4 Å². The number of likely N-dealkylation sites (tertiary alicyclic amines) is 1. The normalized spacial score (nSPS) is 23.9. The molecule has 0 aliphatic carbocycles. The number of morpholine rings is 1. The summed E-state index contributed by atoms with van der Waals surface area (Å²) < 4.78 is 44.7. The molecule has 0 aromatic carbocycles. The van der Waals surface area contributed by atoms with E-state index in [0.29, 0.717) is 6.54 Å². The molecule has 6 nitrogen and oxygen atoms in total. The zero-order valence-electron chi connectivity index (χ0n) is 14.6. The van der Waals surface area contributed by atoms with Gasteiger partial charge in [-0.25, -0.2) is 0 Å². The highest BCUT2D eigenvalue weighted by Crippen LogP contribution is 2.27. The van der Waals surface area contributed by atoms with Crippen LogP contribution in [-0.2, 0) is 18.3 Å². The van der Waals surface area contributed by atoms with Gasteiger partial charge < -0.3 is 14.2 Å². The predicted molar refractivity (Wildman–Crippen MR) is 86.2 cm³/mol. The molecule has 0 unspecified atom stereocenters. The monoisotopic (exact) mass is 361 g/mol. The lowest BCUT2D eigenvalue weighted by Gasteiger charge is -2.32. The minimum atomic E-state index is -4.09. The van der Waals surface area contributed by atoms with E-state index in [0.717, 1.165) is 63.9 Å². The van der Waals surface area contributed by atoms with Crippen molar-refractivity contribution in [3.8, 4) is 0 Å². The second-order valence-corrected chi connectivity index (χ2v) is 6.93. The highest BCUT2D eigenvalue weighted by atomic mass is 19.4. The summed E-state index contributed by atoms with van der Waals surface area (Å²) in [6.07, 6.45) is -3.00. The molecule has 0 radical (unpaired) electrons. The van der Waals surface area contributed by atoms with Crippen molar-refractivity contribution >= 4 is 0 Å². The summed E-state index contributed by atoms with van der Waals surface area (Å²) >= 11 is 0. The first-order valence-corrected chi connectivity index (χ1v) is 8.90. The van der Waals surface area contributed by atoms with E-state index in [1.165, 1.54) is 0 Å². The highest BCUT2D eigenvalue weighted by molar-refractivity contribution is 5.04. The van der Waals surface area contributed by atoms with Gasteiger partial charge in [-0.1, -0.05) is 0 Å². The third kappa shape index (κ3) is 5.15. The van der Waals surface area contributed by atoms with Crippen LogP contribution in [0.3, 0.4) is 0 Å². The number of ether oxygens (including phenoxy) is 1. The summed E-state index contributed by atoms with van der Waals surface area (Å²) in [7, 11) is 1.96. The van der Waals surface area contributed by atoms with Gasteiger partial charge >= 0.3 is 6.18 Å². The van der Waals surface area contributed by atoms with Crippen LogP contribution in [-0.4, -0.2) is 76.7 Å². The lowest BCUT2D eigenvalue weighted by atomic mass is 9.97. The molecule has 3 heterocycles. The summed E-state index contributed by atoms with van der Waals surface area (Å²) in [6, 6.07) is 0. The Morgan fingerprint density at radius 3 is 2.60 bits per heavy atom. The maximum absolute atomic E-state index is 12.5. The molecule has 142 valence electrons. The fourth-order valence-electron chi connectivity index (χ4n) is 3.58. The Hall–Kier alpha value is -1.19. The summed E-state index contributed by atoms with van der Waals surface area (Å²) in [6.45, 7) is 5.40. The minimum Gasteiger partial charge on any atom is -0.379 e. The number of hydrogen-bond acceptors (Lipinski definition) is 5. The van der Waals surface area contributed by atoms with Gasteiger partial charge in [0.05, 0.1) is 26.2 Å². The summed E-state index contributed by atoms with van der Waals surface area (Å²) in [5.41, 5.74) is 0. The highest BCUT2D eigenvalue weighted by Gasteiger charge is 2.31. The smallest absolute Gasteiger partial charge is 0.379 e. The van der Waals surface area contributed by atoms with Crippen molar-refractivity contribution in [2.75, 3.05) is 45.9 Å². The largest absolute Gasteiger partial charge is 0.390 e. The molecule has 2 fully saturated rings. The summed E-state index contributed by atoms with van der Waals surface area (Å²) in [4.78, 5) is 4.19. The van der Waals surface area contributed by atoms with Crippen molar-refractivity contribution in [2.24, 2.45) is 7.05 Å². The molecule has 0 spiro atoms. The quantitative estimate of drug-likeness (QED) is 0.800. The first-order valence-electron chi connectivity index (χ1n) is 8.90. The number of hydrogen-bond donors (Lipinski definition) is 0. The molecule has 2 aliphatic heterocycles. The molecule has 3 rings (SSSR count). The number of rotatable bonds is 5. The van der Waals surface area contributed by atoms with E-state index in [-0.39, 0.29) is 12.5 Å². The lowest BCUT2D eigenvalue weighted by Crippen LogP contribution is -2.37. The van der Waals surface area contributed by atoms with Crippen molar-refractivity contribution in [3.63, 3.8) is 0 Å². The van der Waals surface area contributed by atoms with Crippen LogP contribution in [0, 0.1) is 0 Å². The van der Waals surface area contributed by atoms with Gasteiger partial charge in [-0.15, -0.1) is 10.2 Å². The Bertz CT molecular complexity index is 556. The average molecular weight is 361 g/mol. The van der Waals surface area contributed by atoms with Crippen molar-refractivity contribution in [1.29, 1.82) is 0 Å². The van der Waals surface area contributed by atoms with Gasteiger partial charge in [0.2, 0.25) is 0 Å². The summed E-state index contributed by atoms with van der Waals surface area (Å²) in [5, 5.41) is 8.68. The third-order valence-electron chi connectivity index (χ3n) is 5.05. The number of halogens is 3. The number of aromatic nitrogens is 3. The van der Waals surface area contributed by atoms with E-state index in [4.69, 9.17) is 4.74 Å². The Morgan fingerprint density at radius 2 is 1.88 bits per heavy atom. The molecule has 0 bridgehead atoms. The van der Waals surface area contributed by atoms with Crippen LogP contribution in [0.25, 0.3) is 0 Å². The average Bonchev–Trinajstić information content (AvgIpc) is 2.94. The van der Waals surface area contributed by atoms with Gasteiger partial charge in [0.1, 0.15) is 11.6 Å². The van der Waals surface area contributed by atoms with Crippen LogP contribution in [0.5, 0.6) is 0 Å². The van der Waals surface area contributed by atoms with Crippen LogP contribution in [0.15, 0.2) is 0 Å². The standard InChI is InChI=1S/C16H26F3N5O/c1-22-14(12-24-7-9-25-10-8-24)20-21-15(22)13-3-2-5-23(11-13)6-4-16(17,18)19/h13H,2-12H2,1H3/t13-/m0/s1. The van der Waals surface area contributed by atoms with Crippen LogP contribution in [0.2, 0.25) is 0 Å². The molecule has 0 saturated carbocycles. The van der Waals surface area contributed by atoms with Crippen molar-refractivity contribution in [3.05, 3.63) is 11.6 Å². The minimum absolute atomic E-state index is 0.0679. The van der Waals surface area contributed by atoms with E-state index in [1.54, 1.807) is 0 Å². The third-order valence-corrected chi connectivity index (χ3v) is 5.05. The van der Waals surface area contributed by atoms with Gasteiger partial charge in [0.15, 0.2) is 0 Å². The second kappa shape index (κ2) is 8.01. The Balaban J connectivity index is 1.59. The Morgan fingerprint density at radius 1 is 1.12 bits per heavy atom. The molecule has 1 aromatic rings. The molecule has 25 heavy (non-hydrogen) atoms. The number of alkyl halides is 3. The second-order valence-electron chi connectivity index (χ2n) is 6.93. The Kier molecular flexibility index (Phi) is 5.96. The molecule has 2 saturated heterocycles. The fraction of sp³-hybridized carbons (Fsp3) is 0.875. The topological polar surface area (TPSA) is 46.4 Å². The van der Waals surface area contributed by atoms with Crippen molar-refractivity contribution in [2.45, 2.75) is 37.9 Å². The van der Waals surface area contributed by atoms with E-state index in [2.05, 4.69) is 15.1 Å². The fourth-order valence-corrected chi connectivity index (χ4v) is 3.58. The maximum Gasteiger partial charge on any atom is 0.390 e. The van der Waals surface area contributed by atoms with E-state index >= 15 is 0 Å². The SMILES string of the molecule is Cn1c(CN2CCOCC2)nnc1[C@H]1CCCN(CCC(F)(F)F)C1. The van der Waals surface area contributed by atoms with Crippen LogP contribution < -0.4 is 0 Å². The first kappa shape index (κ1) is 18.6. The van der Waals surface area contributed by atoms with Crippen LogP contribution in [0.4, 0.5) is 13.2 Å². The lowest BCUT2D eigenvalue weighted by molar-refractivity contribution is -0.138. The predicted octanol–water partition coefficient (Wildman–Crippen LogP) is 1.78. The number of nitrogens with zero attached hydrogens (tertiary/aromatic N) is 5. The van der Waals surface area contributed by atoms with Crippen LogP contribution >= 0.6 is 0 Å². The van der Waals surface area contributed by atoms with Gasteiger partial charge in [-0.3, -0.25) is 4.90 Å². The van der Waals surface area contributed by atoms with Gasteiger partial charge in [0, 0.05) is 39.1 Å². The molecular weight excluding hydrogens is 335 g/mol. The zero-order chi connectivity index (χ0) is 17.9. The van der Waals surface area contributed by atoms with Gasteiger partial charge in [-0.2, -0.15) is 13.2 Å². The maximum atomic E-state index is 12.5. The van der Waals surface area contributed by atoms with Crippen molar-refractivity contribution < 1.29 is 17.9 Å².